The molecule has 1 aliphatic heterocycles. The first-order chi connectivity index (χ1) is 7.50. The van der Waals surface area contributed by atoms with Gasteiger partial charge in [-0.3, -0.25) is 9.63 Å². The Kier molecular flexibility index (Phi) is 8.05. The fraction of sp³-hybridized carbons (Fsp3) is 0.417. The van der Waals surface area contributed by atoms with E-state index in [1.807, 2.05) is 38.1 Å². The quantitative estimate of drug-likeness (QED) is 0.769. The number of hydrogen-bond acceptors (Lipinski definition) is 2. The van der Waals surface area contributed by atoms with Gasteiger partial charge in [0.1, 0.15) is 0 Å². The SMILES string of the molecule is CC1(C)CON(Cc2ccccc2Cl)C1=O.[NaH].[NaH]. The Morgan fingerprint density at radius 3 is 2.44 bits per heavy atom. The van der Waals surface area contributed by atoms with Crippen LogP contribution in [0.4, 0.5) is 0 Å². The molecule has 1 heterocycles. The van der Waals surface area contributed by atoms with Crippen molar-refractivity contribution in [2.45, 2.75) is 20.4 Å². The summed E-state index contributed by atoms with van der Waals surface area (Å²) in [5.41, 5.74) is 0.469. The molecular formula is C12H16ClNNa2O2. The van der Waals surface area contributed by atoms with Crippen LogP contribution in [0.3, 0.4) is 0 Å². The van der Waals surface area contributed by atoms with Crippen molar-refractivity contribution >= 4 is 76.6 Å². The molecule has 0 atom stereocenters. The van der Waals surface area contributed by atoms with Gasteiger partial charge in [0, 0.05) is 5.02 Å². The summed E-state index contributed by atoms with van der Waals surface area (Å²) in [5, 5.41) is 2.05. The van der Waals surface area contributed by atoms with E-state index in [9.17, 15) is 4.79 Å². The summed E-state index contributed by atoms with van der Waals surface area (Å²) in [7, 11) is 0. The summed E-state index contributed by atoms with van der Waals surface area (Å²) >= 11 is 6.03. The zero-order valence-corrected chi connectivity index (χ0v) is 10.1. The van der Waals surface area contributed by atoms with Crippen molar-refractivity contribution in [2.75, 3.05) is 6.61 Å². The van der Waals surface area contributed by atoms with Crippen LogP contribution in [0.25, 0.3) is 0 Å². The molecule has 1 saturated heterocycles. The van der Waals surface area contributed by atoms with Crippen LogP contribution < -0.4 is 0 Å². The third kappa shape index (κ3) is 4.22. The Bertz CT molecular complexity index is 426. The molecule has 1 aromatic rings. The minimum atomic E-state index is -0.429. The molecule has 1 amide bonds. The molecule has 0 aromatic heterocycles. The monoisotopic (exact) mass is 287 g/mol. The van der Waals surface area contributed by atoms with E-state index < -0.39 is 5.41 Å². The van der Waals surface area contributed by atoms with E-state index in [1.165, 1.54) is 5.06 Å². The van der Waals surface area contributed by atoms with E-state index in [2.05, 4.69) is 0 Å². The second-order valence-electron chi connectivity index (χ2n) is 4.59. The topological polar surface area (TPSA) is 29.5 Å². The molecule has 1 aromatic carbocycles. The van der Waals surface area contributed by atoms with Gasteiger partial charge in [-0.15, -0.1) is 0 Å². The van der Waals surface area contributed by atoms with Crippen LogP contribution in [0, 0.1) is 5.41 Å². The fourth-order valence-electron chi connectivity index (χ4n) is 1.60. The molecule has 18 heavy (non-hydrogen) atoms. The summed E-state index contributed by atoms with van der Waals surface area (Å²) in [5.74, 6) is 0.00687. The molecule has 90 valence electrons. The van der Waals surface area contributed by atoms with Crippen LogP contribution in [-0.2, 0) is 16.2 Å². The van der Waals surface area contributed by atoms with E-state index in [4.69, 9.17) is 16.4 Å². The van der Waals surface area contributed by atoms with Gasteiger partial charge in [0.05, 0.1) is 18.6 Å². The van der Waals surface area contributed by atoms with Crippen molar-refractivity contribution in [1.29, 1.82) is 0 Å². The van der Waals surface area contributed by atoms with Crippen LogP contribution >= 0.6 is 11.6 Å². The van der Waals surface area contributed by atoms with Gasteiger partial charge in [-0.1, -0.05) is 29.8 Å². The van der Waals surface area contributed by atoms with E-state index >= 15 is 0 Å². The minimum absolute atomic E-state index is 0. The molecule has 0 bridgehead atoms. The second-order valence-corrected chi connectivity index (χ2v) is 5.00. The number of amides is 1. The predicted molar refractivity (Wildman–Crippen MR) is 76.0 cm³/mol. The van der Waals surface area contributed by atoms with Gasteiger partial charge in [-0.25, -0.2) is 5.06 Å². The van der Waals surface area contributed by atoms with E-state index in [-0.39, 0.29) is 65.0 Å². The first kappa shape index (κ1) is 18.9. The summed E-state index contributed by atoms with van der Waals surface area (Å²) in [4.78, 5) is 17.3. The van der Waals surface area contributed by atoms with Crippen molar-refractivity contribution in [3.63, 3.8) is 0 Å². The summed E-state index contributed by atoms with van der Waals surface area (Å²) in [6.07, 6.45) is 0. The number of carbonyl (C=O) groups excluding carboxylic acids is 1. The van der Waals surface area contributed by atoms with Crippen molar-refractivity contribution in [3.05, 3.63) is 34.9 Å². The van der Waals surface area contributed by atoms with E-state index in [1.54, 1.807) is 0 Å². The van der Waals surface area contributed by atoms with Crippen LogP contribution in [0.5, 0.6) is 0 Å². The molecule has 2 rings (SSSR count). The van der Waals surface area contributed by atoms with Gasteiger partial charge in [0.2, 0.25) is 0 Å². The number of hydrogen-bond donors (Lipinski definition) is 0. The van der Waals surface area contributed by atoms with Crippen molar-refractivity contribution in [2.24, 2.45) is 5.41 Å². The maximum absolute atomic E-state index is 11.9. The number of rotatable bonds is 2. The van der Waals surface area contributed by atoms with Gasteiger partial charge < -0.3 is 0 Å². The molecule has 0 spiro atoms. The van der Waals surface area contributed by atoms with Crippen LogP contribution in [0.2, 0.25) is 5.02 Å². The number of hydroxylamine groups is 2. The Morgan fingerprint density at radius 1 is 1.33 bits per heavy atom. The summed E-state index contributed by atoms with van der Waals surface area (Å²) in [6, 6.07) is 7.46. The van der Waals surface area contributed by atoms with Gasteiger partial charge in [-0.05, 0) is 25.5 Å². The molecule has 3 nitrogen and oxygen atoms in total. The molecule has 0 N–H and O–H groups in total. The number of halogens is 1. The standard InChI is InChI=1S/C12H14ClNO2.2Na.2H/c1-12(2)8-16-14(11(12)15)7-9-5-3-4-6-10(9)13;;;;/h3-6H,7-8H2,1-2H3;;;;. The van der Waals surface area contributed by atoms with Gasteiger partial charge in [0.15, 0.2) is 0 Å². The molecule has 0 saturated carbocycles. The summed E-state index contributed by atoms with van der Waals surface area (Å²) < 4.78 is 0. The molecule has 0 aliphatic carbocycles. The van der Waals surface area contributed by atoms with Gasteiger partial charge >= 0.3 is 59.1 Å². The van der Waals surface area contributed by atoms with Crippen molar-refractivity contribution < 1.29 is 9.63 Å². The fourth-order valence-corrected chi connectivity index (χ4v) is 1.79. The molecule has 6 heteroatoms. The Morgan fingerprint density at radius 2 is 1.94 bits per heavy atom. The van der Waals surface area contributed by atoms with E-state index in [0.29, 0.717) is 18.2 Å². The number of benzene rings is 1. The summed E-state index contributed by atoms with van der Waals surface area (Å²) in [6.45, 7) is 4.59. The third-order valence-corrected chi connectivity index (χ3v) is 3.03. The molecule has 0 radical (unpaired) electrons. The van der Waals surface area contributed by atoms with Gasteiger partial charge in [-0.2, -0.15) is 0 Å². The van der Waals surface area contributed by atoms with Crippen LogP contribution in [-0.4, -0.2) is 76.7 Å². The molecule has 0 unspecified atom stereocenters. The van der Waals surface area contributed by atoms with Gasteiger partial charge in [0.25, 0.3) is 5.91 Å². The average molecular weight is 288 g/mol. The number of carbonyl (C=O) groups is 1. The average Bonchev–Trinajstić information content (AvgIpc) is 2.49. The predicted octanol–water partition coefficient (Wildman–Crippen LogP) is 1.34. The zero-order valence-electron chi connectivity index (χ0n) is 9.37. The maximum atomic E-state index is 11.9. The first-order valence-electron chi connectivity index (χ1n) is 5.19. The third-order valence-electron chi connectivity index (χ3n) is 2.66. The van der Waals surface area contributed by atoms with Crippen LogP contribution in [0.15, 0.2) is 24.3 Å². The van der Waals surface area contributed by atoms with Crippen LogP contribution in [0.1, 0.15) is 19.4 Å². The first-order valence-corrected chi connectivity index (χ1v) is 5.57. The number of nitrogens with zero attached hydrogens (tertiary/aromatic N) is 1. The molecule has 1 aliphatic rings. The van der Waals surface area contributed by atoms with Crippen molar-refractivity contribution in [3.8, 4) is 0 Å². The Hall–Kier alpha value is 0.940. The van der Waals surface area contributed by atoms with Crippen molar-refractivity contribution in [1.82, 2.24) is 5.06 Å². The normalized spacial score (nSPS) is 17.1. The second kappa shape index (κ2) is 7.65. The Labute approximate surface area is 157 Å². The van der Waals surface area contributed by atoms with E-state index in [0.717, 1.165) is 5.56 Å². The molecular weight excluding hydrogens is 272 g/mol. The Balaban J connectivity index is 0.00000144. The molecule has 1 fully saturated rings. The zero-order chi connectivity index (χ0) is 11.8.